The first-order chi connectivity index (χ1) is 10.2. The number of likely N-dealkylation sites (N-methyl/N-ethyl adjacent to an activating group) is 1. The quantitative estimate of drug-likeness (QED) is 0.874. The SMILES string of the molecule is CCN(C(C)COC)C1CC(c2ccccc2)CCC1O. The molecule has 1 aromatic carbocycles. The molecule has 1 saturated carbocycles. The Kier molecular flexibility index (Phi) is 6.22. The predicted molar refractivity (Wildman–Crippen MR) is 86.5 cm³/mol. The largest absolute Gasteiger partial charge is 0.391 e. The lowest BCUT2D eigenvalue weighted by molar-refractivity contribution is -0.0174. The number of aliphatic hydroxyl groups excluding tert-OH is 1. The van der Waals surface area contributed by atoms with Crippen LogP contribution in [0.2, 0.25) is 0 Å². The molecule has 1 aliphatic carbocycles. The van der Waals surface area contributed by atoms with Crippen molar-refractivity contribution in [3.05, 3.63) is 35.9 Å². The number of benzene rings is 1. The van der Waals surface area contributed by atoms with Crippen LogP contribution in [0.3, 0.4) is 0 Å². The van der Waals surface area contributed by atoms with Crippen molar-refractivity contribution in [3.8, 4) is 0 Å². The molecule has 118 valence electrons. The van der Waals surface area contributed by atoms with Crippen LogP contribution in [0, 0.1) is 0 Å². The third-order valence-corrected chi connectivity index (χ3v) is 4.82. The molecule has 1 N–H and O–H groups in total. The van der Waals surface area contributed by atoms with Crippen LogP contribution in [0.5, 0.6) is 0 Å². The molecular weight excluding hydrogens is 262 g/mol. The molecule has 0 bridgehead atoms. The Bertz CT molecular complexity index is 409. The molecule has 1 aliphatic rings. The second-order valence-electron chi connectivity index (χ2n) is 6.19. The van der Waals surface area contributed by atoms with Crippen LogP contribution in [0.4, 0.5) is 0 Å². The van der Waals surface area contributed by atoms with Gasteiger partial charge in [-0.15, -0.1) is 0 Å². The highest BCUT2D eigenvalue weighted by molar-refractivity contribution is 5.20. The molecule has 0 radical (unpaired) electrons. The molecular formula is C18H29NO2. The Morgan fingerprint density at radius 2 is 2.00 bits per heavy atom. The summed E-state index contributed by atoms with van der Waals surface area (Å²) >= 11 is 0. The van der Waals surface area contributed by atoms with E-state index in [-0.39, 0.29) is 12.1 Å². The van der Waals surface area contributed by atoms with Gasteiger partial charge in [0.2, 0.25) is 0 Å². The lowest BCUT2D eigenvalue weighted by atomic mass is 9.79. The predicted octanol–water partition coefficient (Wildman–Crippen LogP) is 3.04. The van der Waals surface area contributed by atoms with Crippen molar-refractivity contribution >= 4 is 0 Å². The van der Waals surface area contributed by atoms with E-state index in [0.29, 0.717) is 18.6 Å². The van der Waals surface area contributed by atoms with E-state index in [2.05, 4.69) is 49.1 Å². The number of methoxy groups -OCH3 is 1. The molecule has 4 atom stereocenters. The van der Waals surface area contributed by atoms with E-state index in [0.717, 1.165) is 25.8 Å². The number of hydrogen-bond donors (Lipinski definition) is 1. The van der Waals surface area contributed by atoms with Crippen molar-refractivity contribution < 1.29 is 9.84 Å². The van der Waals surface area contributed by atoms with Crippen LogP contribution in [0.15, 0.2) is 30.3 Å². The van der Waals surface area contributed by atoms with Crippen molar-refractivity contribution in [2.45, 2.75) is 57.2 Å². The molecule has 2 rings (SSSR count). The van der Waals surface area contributed by atoms with Gasteiger partial charge in [0.05, 0.1) is 12.7 Å². The maximum Gasteiger partial charge on any atom is 0.0696 e. The van der Waals surface area contributed by atoms with Crippen LogP contribution in [-0.2, 0) is 4.74 Å². The third-order valence-electron chi connectivity index (χ3n) is 4.82. The molecule has 0 spiro atoms. The molecule has 0 saturated heterocycles. The number of hydrogen-bond acceptors (Lipinski definition) is 3. The molecule has 21 heavy (non-hydrogen) atoms. The van der Waals surface area contributed by atoms with Crippen molar-refractivity contribution in [2.75, 3.05) is 20.3 Å². The van der Waals surface area contributed by atoms with Crippen molar-refractivity contribution in [3.63, 3.8) is 0 Å². The molecule has 4 unspecified atom stereocenters. The fourth-order valence-corrected chi connectivity index (χ4v) is 3.73. The van der Waals surface area contributed by atoms with E-state index in [1.165, 1.54) is 5.56 Å². The van der Waals surface area contributed by atoms with Crippen LogP contribution in [-0.4, -0.2) is 48.5 Å². The summed E-state index contributed by atoms with van der Waals surface area (Å²) in [5.74, 6) is 0.559. The Balaban J connectivity index is 2.09. The standard InChI is InChI=1S/C18H29NO2/c1-4-19(14(2)13-21-3)17-12-16(10-11-18(17)20)15-8-6-5-7-9-15/h5-9,14,16-18,20H,4,10-13H2,1-3H3. The van der Waals surface area contributed by atoms with Gasteiger partial charge in [-0.2, -0.15) is 0 Å². The number of rotatable bonds is 6. The molecule has 0 aromatic heterocycles. The molecule has 1 fully saturated rings. The van der Waals surface area contributed by atoms with Crippen LogP contribution < -0.4 is 0 Å². The van der Waals surface area contributed by atoms with Crippen molar-refractivity contribution in [1.29, 1.82) is 0 Å². The summed E-state index contributed by atoms with van der Waals surface area (Å²) < 4.78 is 5.30. The van der Waals surface area contributed by atoms with Gasteiger partial charge in [-0.25, -0.2) is 0 Å². The van der Waals surface area contributed by atoms with E-state index in [9.17, 15) is 5.11 Å². The monoisotopic (exact) mass is 291 g/mol. The van der Waals surface area contributed by atoms with Gasteiger partial charge in [0.15, 0.2) is 0 Å². The lowest BCUT2D eigenvalue weighted by Crippen LogP contribution is -2.51. The maximum atomic E-state index is 10.5. The van der Waals surface area contributed by atoms with Crippen LogP contribution >= 0.6 is 0 Å². The van der Waals surface area contributed by atoms with Gasteiger partial charge in [-0.1, -0.05) is 37.3 Å². The first kappa shape index (κ1) is 16.5. The highest BCUT2D eigenvalue weighted by Gasteiger charge is 2.35. The highest BCUT2D eigenvalue weighted by Crippen LogP contribution is 2.35. The molecule has 1 aromatic rings. The van der Waals surface area contributed by atoms with E-state index >= 15 is 0 Å². The summed E-state index contributed by atoms with van der Waals surface area (Å²) in [6.07, 6.45) is 2.79. The third kappa shape index (κ3) is 4.06. The average molecular weight is 291 g/mol. The Hall–Kier alpha value is -0.900. The van der Waals surface area contributed by atoms with Gasteiger partial charge in [-0.05, 0) is 44.2 Å². The second-order valence-corrected chi connectivity index (χ2v) is 6.19. The van der Waals surface area contributed by atoms with Crippen LogP contribution in [0.25, 0.3) is 0 Å². The topological polar surface area (TPSA) is 32.7 Å². The van der Waals surface area contributed by atoms with E-state index in [1.807, 2.05) is 0 Å². The fourth-order valence-electron chi connectivity index (χ4n) is 3.73. The molecule has 0 amide bonds. The Morgan fingerprint density at radius 3 is 2.62 bits per heavy atom. The first-order valence-corrected chi connectivity index (χ1v) is 8.15. The normalized spacial score (nSPS) is 27.8. The maximum absolute atomic E-state index is 10.5. The summed E-state index contributed by atoms with van der Waals surface area (Å²) in [6, 6.07) is 11.3. The summed E-state index contributed by atoms with van der Waals surface area (Å²) in [5, 5.41) is 10.5. The zero-order valence-corrected chi connectivity index (χ0v) is 13.5. The summed E-state index contributed by atoms with van der Waals surface area (Å²) in [7, 11) is 1.74. The molecule has 0 heterocycles. The molecule has 3 heteroatoms. The van der Waals surface area contributed by atoms with E-state index in [1.54, 1.807) is 7.11 Å². The van der Waals surface area contributed by atoms with Gasteiger partial charge in [0.25, 0.3) is 0 Å². The van der Waals surface area contributed by atoms with Gasteiger partial charge < -0.3 is 9.84 Å². The second kappa shape index (κ2) is 7.92. The first-order valence-electron chi connectivity index (χ1n) is 8.15. The van der Waals surface area contributed by atoms with Gasteiger partial charge >= 0.3 is 0 Å². The zero-order chi connectivity index (χ0) is 15.2. The number of nitrogens with zero attached hydrogens (tertiary/aromatic N) is 1. The summed E-state index contributed by atoms with van der Waals surface area (Å²) in [4.78, 5) is 2.41. The summed E-state index contributed by atoms with van der Waals surface area (Å²) in [5.41, 5.74) is 1.41. The fraction of sp³-hybridized carbons (Fsp3) is 0.667. The minimum absolute atomic E-state index is 0.218. The molecule has 0 aliphatic heterocycles. The zero-order valence-electron chi connectivity index (χ0n) is 13.5. The summed E-state index contributed by atoms with van der Waals surface area (Å²) in [6.45, 7) is 6.03. The Labute approximate surface area is 128 Å². The minimum Gasteiger partial charge on any atom is -0.391 e. The molecule has 3 nitrogen and oxygen atoms in total. The van der Waals surface area contributed by atoms with Crippen molar-refractivity contribution in [2.24, 2.45) is 0 Å². The lowest BCUT2D eigenvalue weighted by Gasteiger charge is -2.43. The van der Waals surface area contributed by atoms with Gasteiger partial charge in [0.1, 0.15) is 0 Å². The highest BCUT2D eigenvalue weighted by atomic mass is 16.5. The average Bonchev–Trinajstić information content (AvgIpc) is 2.51. The Morgan fingerprint density at radius 1 is 1.29 bits per heavy atom. The van der Waals surface area contributed by atoms with Crippen LogP contribution in [0.1, 0.15) is 44.6 Å². The van der Waals surface area contributed by atoms with E-state index in [4.69, 9.17) is 4.74 Å². The van der Waals surface area contributed by atoms with Gasteiger partial charge in [-0.3, -0.25) is 4.90 Å². The number of aliphatic hydroxyl groups is 1. The van der Waals surface area contributed by atoms with E-state index < -0.39 is 0 Å². The van der Waals surface area contributed by atoms with Gasteiger partial charge in [0, 0.05) is 19.2 Å². The van der Waals surface area contributed by atoms with Crippen molar-refractivity contribution in [1.82, 2.24) is 4.90 Å². The number of ether oxygens (including phenoxy) is 1. The smallest absolute Gasteiger partial charge is 0.0696 e. The minimum atomic E-state index is -0.218.